The van der Waals surface area contributed by atoms with Crippen molar-refractivity contribution in [2.75, 3.05) is 25.0 Å². The zero-order valence-corrected chi connectivity index (χ0v) is 12.7. The molecule has 0 radical (unpaired) electrons. The van der Waals surface area contributed by atoms with Crippen molar-refractivity contribution in [3.8, 4) is 0 Å². The van der Waals surface area contributed by atoms with E-state index in [1.807, 2.05) is 0 Å². The summed E-state index contributed by atoms with van der Waals surface area (Å²) in [7, 11) is 2.06. The number of nitrogens with zero attached hydrogens (tertiary/aromatic N) is 1. The molecule has 0 aliphatic heterocycles. The van der Waals surface area contributed by atoms with Gasteiger partial charge < -0.3 is 10.2 Å². The molecule has 0 heterocycles. The third kappa shape index (κ3) is 4.02. The molecule has 0 fully saturated rings. The number of nitrogens with one attached hydrogen (secondary N) is 1. The Balaban J connectivity index is 2.84. The highest BCUT2D eigenvalue weighted by Gasteiger charge is 2.24. The van der Waals surface area contributed by atoms with Crippen molar-refractivity contribution < 1.29 is 0 Å². The Morgan fingerprint density at radius 3 is 2.39 bits per heavy atom. The normalized spacial score (nSPS) is 13.4. The highest BCUT2D eigenvalue weighted by molar-refractivity contribution is 5.48. The van der Waals surface area contributed by atoms with Crippen molar-refractivity contribution in [1.82, 2.24) is 5.32 Å². The molecule has 1 unspecified atom stereocenters. The Bertz CT molecular complexity index is 366. The molecular weight excluding hydrogens is 220 g/mol. The third-order valence-electron chi connectivity index (χ3n) is 3.55. The van der Waals surface area contributed by atoms with Gasteiger partial charge in [0.1, 0.15) is 0 Å². The fourth-order valence-corrected chi connectivity index (χ4v) is 2.26. The summed E-state index contributed by atoms with van der Waals surface area (Å²) in [6.45, 7) is 13.3. The highest BCUT2D eigenvalue weighted by Crippen LogP contribution is 2.23. The first-order chi connectivity index (χ1) is 8.38. The summed E-state index contributed by atoms with van der Waals surface area (Å²) in [6.07, 6.45) is 0. The van der Waals surface area contributed by atoms with Crippen LogP contribution in [0.4, 0.5) is 5.69 Å². The largest absolute Gasteiger partial charge is 0.370 e. The third-order valence-corrected chi connectivity index (χ3v) is 3.55. The summed E-state index contributed by atoms with van der Waals surface area (Å²) in [5.41, 5.74) is 2.91. The predicted molar refractivity (Wildman–Crippen MR) is 81.4 cm³/mol. The summed E-state index contributed by atoms with van der Waals surface area (Å²) < 4.78 is 0. The summed E-state index contributed by atoms with van der Waals surface area (Å²) in [6, 6.07) is 9.23. The van der Waals surface area contributed by atoms with Crippen molar-refractivity contribution in [2.24, 2.45) is 5.41 Å². The van der Waals surface area contributed by atoms with Crippen LogP contribution in [0, 0.1) is 12.3 Å². The van der Waals surface area contributed by atoms with Gasteiger partial charge in [0.25, 0.3) is 0 Å². The number of benzene rings is 1. The summed E-state index contributed by atoms with van der Waals surface area (Å²) in [5, 5.41) is 3.45. The molecule has 102 valence electrons. The van der Waals surface area contributed by atoms with Crippen LogP contribution >= 0.6 is 0 Å². The average molecular weight is 248 g/mol. The molecule has 18 heavy (non-hydrogen) atoms. The first-order valence-electron chi connectivity index (χ1n) is 6.87. The average Bonchev–Trinajstić information content (AvgIpc) is 2.28. The van der Waals surface area contributed by atoms with Crippen molar-refractivity contribution in [3.05, 3.63) is 29.8 Å². The number of likely N-dealkylation sites (N-methyl/N-ethyl adjacent to an activating group) is 2. The number of hydrogen-bond acceptors (Lipinski definition) is 2. The Hall–Kier alpha value is -1.02. The van der Waals surface area contributed by atoms with Gasteiger partial charge in [-0.25, -0.2) is 0 Å². The predicted octanol–water partition coefficient (Wildman–Crippen LogP) is 3.46. The van der Waals surface area contributed by atoms with E-state index in [9.17, 15) is 0 Å². The van der Waals surface area contributed by atoms with Crippen LogP contribution in [0.25, 0.3) is 0 Å². The number of rotatable bonds is 5. The first kappa shape index (κ1) is 15.0. The standard InChI is InChI=1S/C16H28N2/c1-7-18(12-15(17-6)16(3,4)5)14-10-8-9-13(2)11-14/h8-11,15,17H,7,12H2,1-6H3. The molecule has 1 atom stereocenters. The molecule has 0 bridgehead atoms. The van der Waals surface area contributed by atoms with Crippen molar-refractivity contribution in [3.63, 3.8) is 0 Å². The van der Waals surface area contributed by atoms with Crippen LogP contribution in [0.1, 0.15) is 33.3 Å². The first-order valence-corrected chi connectivity index (χ1v) is 6.87. The van der Waals surface area contributed by atoms with Crippen molar-refractivity contribution >= 4 is 5.69 Å². The lowest BCUT2D eigenvalue weighted by atomic mass is 9.86. The fourth-order valence-electron chi connectivity index (χ4n) is 2.26. The van der Waals surface area contributed by atoms with E-state index < -0.39 is 0 Å². The van der Waals surface area contributed by atoms with Gasteiger partial charge in [0, 0.05) is 24.8 Å². The lowest BCUT2D eigenvalue weighted by Gasteiger charge is -2.36. The van der Waals surface area contributed by atoms with Crippen LogP contribution in [-0.4, -0.2) is 26.2 Å². The van der Waals surface area contributed by atoms with Crippen LogP contribution in [0.2, 0.25) is 0 Å². The van der Waals surface area contributed by atoms with Gasteiger partial charge in [-0.1, -0.05) is 32.9 Å². The van der Waals surface area contributed by atoms with Gasteiger partial charge in [-0.2, -0.15) is 0 Å². The molecule has 2 nitrogen and oxygen atoms in total. The van der Waals surface area contributed by atoms with Crippen molar-refractivity contribution in [2.45, 2.75) is 40.7 Å². The molecule has 0 aromatic heterocycles. The zero-order chi connectivity index (χ0) is 13.8. The van der Waals surface area contributed by atoms with Crippen LogP contribution in [0.5, 0.6) is 0 Å². The molecule has 0 aliphatic rings. The van der Waals surface area contributed by atoms with E-state index in [2.05, 4.69) is 76.1 Å². The van der Waals surface area contributed by atoms with Gasteiger partial charge in [0.05, 0.1) is 0 Å². The molecule has 1 rings (SSSR count). The van der Waals surface area contributed by atoms with Crippen LogP contribution in [0.15, 0.2) is 24.3 Å². The topological polar surface area (TPSA) is 15.3 Å². The minimum absolute atomic E-state index is 0.270. The molecule has 0 saturated carbocycles. The second-order valence-corrected chi connectivity index (χ2v) is 6.08. The van der Waals surface area contributed by atoms with Crippen LogP contribution in [-0.2, 0) is 0 Å². The van der Waals surface area contributed by atoms with E-state index in [-0.39, 0.29) is 5.41 Å². The van der Waals surface area contributed by atoms with E-state index >= 15 is 0 Å². The van der Waals surface area contributed by atoms with E-state index in [0.717, 1.165) is 13.1 Å². The van der Waals surface area contributed by atoms with E-state index in [1.54, 1.807) is 0 Å². The van der Waals surface area contributed by atoms with Gasteiger partial charge in [-0.3, -0.25) is 0 Å². The Kier molecular flexibility index (Phi) is 5.21. The van der Waals surface area contributed by atoms with E-state index in [0.29, 0.717) is 6.04 Å². The van der Waals surface area contributed by atoms with Gasteiger partial charge in [-0.05, 0) is 44.0 Å². The Labute approximate surface area is 112 Å². The highest BCUT2D eigenvalue weighted by atomic mass is 15.2. The molecule has 2 heteroatoms. The Morgan fingerprint density at radius 2 is 1.94 bits per heavy atom. The number of aryl methyl sites for hydroxylation is 1. The molecule has 0 spiro atoms. The van der Waals surface area contributed by atoms with Gasteiger partial charge in [0.2, 0.25) is 0 Å². The smallest absolute Gasteiger partial charge is 0.0369 e. The van der Waals surface area contributed by atoms with Crippen molar-refractivity contribution in [1.29, 1.82) is 0 Å². The molecule has 1 N–H and O–H groups in total. The molecule has 0 amide bonds. The molecule has 0 aliphatic carbocycles. The Morgan fingerprint density at radius 1 is 1.28 bits per heavy atom. The fraction of sp³-hybridized carbons (Fsp3) is 0.625. The second kappa shape index (κ2) is 6.24. The summed E-state index contributed by atoms with van der Waals surface area (Å²) >= 11 is 0. The number of hydrogen-bond donors (Lipinski definition) is 1. The van der Waals surface area contributed by atoms with Gasteiger partial charge in [0.15, 0.2) is 0 Å². The lowest BCUT2D eigenvalue weighted by molar-refractivity contribution is 0.283. The quantitative estimate of drug-likeness (QED) is 0.858. The van der Waals surface area contributed by atoms with Gasteiger partial charge in [-0.15, -0.1) is 0 Å². The van der Waals surface area contributed by atoms with E-state index in [1.165, 1.54) is 11.3 Å². The number of anilines is 1. The minimum Gasteiger partial charge on any atom is -0.370 e. The maximum atomic E-state index is 3.45. The molecule has 1 aromatic rings. The summed E-state index contributed by atoms with van der Waals surface area (Å²) in [4.78, 5) is 2.44. The SMILES string of the molecule is CCN(CC(NC)C(C)(C)C)c1cccc(C)c1. The molecular formula is C16H28N2. The molecule has 1 aromatic carbocycles. The minimum atomic E-state index is 0.270. The second-order valence-electron chi connectivity index (χ2n) is 6.08. The lowest BCUT2D eigenvalue weighted by Crippen LogP contribution is -2.47. The van der Waals surface area contributed by atoms with E-state index in [4.69, 9.17) is 0 Å². The maximum Gasteiger partial charge on any atom is 0.0369 e. The van der Waals surface area contributed by atoms with Gasteiger partial charge >= 0.3 is 0 Å². The maximum absolute atomic E-state index is 3.45. The van der Waals surface area contributed by atoms with Crippen LogP contribution in [0.3, 0.4) is 0 Å². The molecule has 0 saturated heterocycles. The monoisotopic (exact) mass is 248 g/mol. The zero-order valence-electron chi connectivity index (χ0n) is 12.7. The summed E-state index contributed by atoms with van der Waals surface area (Å²) in [5.74, 6) is 0. The van der Waals surface area contributed by atoms with Crippen LogP contribution < -0.4 is 10.2 Å².